The fourth-order valence-corrected chi connectivity index (χ4v) is 10.0. The van der Waals surface area contributed by atoms with Gasteiger partial charge in [0.2, 0.25) is 11.8 Å². The van der Waals surface area contributed by atoms with Crippen LogP contribution in [0.3, 0.4) is 0 Å². The van der Waals surface area contributed by atoms with Crippen LogP contribution >= 0.6 is 11.8 Å². The first-order valence-electron chi connectivity index (χ1n) is 16.0. The number of aliphatic hydroxyl groups excluding tert-OH is 1. The molecule has 8 nitrogen and oxygen atoms in total. The van der Waals surface area contributed by atoms with Gasteiger partial charge in [-0.1, -0.05) is 45.1 Å². The molecule has 4 aliphatic heterocycles. The first kappa shape index (κ1) is 31.6. The van der Waals surface area contributed by atoms with Crippen LogP contribution in [0.15, 0.2) is 48.6 Å². The molecule has 4 heterocycles. The second-order valence-corrected chi connectivity index (χ2v) is 14.7. The first-order valence-corrected chi connectivity index (χ1v) is 16.8. The molecule has 43 heavy (non-hydrogen) atoms. The van der Waals surface area contributed by atoms with Crippen molar-refractivity contribution in [1.82, 2.24) is 9.80 Å². The zero-order chi connectivity index (χ0) is 31.1. The molecule has 4 aliphatic rings. The van der Waals surface area contributed by atoms with Crippen LogP contribution < -0.4 is 9.80 Å². The molecule has 1 N–H and O–H groups in total. The Balaban J connectivity index is 1.62. The molecule has 0 aromatic heterocycles. The highest BCUT2D eigenvalue weighted by atomic mass is 32.2. The van der Waals surface area contributed by atoms with Crippen LogP contribution in [0.25, 0.3) is 0 Å². The van der Waals surface area contributed by atoms with Gasteiger partial charge in [-0.15, -0.1) is 11.8 Å². The van der Waals surface area contributed by atoms with E-state index in [-0.39, 0.29) is 30.2 Å². The van der Waals surface area contributed by atoms with Crippen molar-refractivity contribution in [3.8, 4) is 0 Å². The molecule has 9 heteroatoms. The van der Waals surface area contributed by atoms with Crippen molar-refractivity contribution in [3.05, 3.63) is 48.6 Å². The summed E-state index contributed by atoms with van der Waals surface area (Å²) in [7, 11) is 0. The minimum atomic E-state index is -0.927. The van der Waals surface area contributed by atoms with Crippen molar-refractivity contribution in [2.75, 3.05) is 49.1 Å². The third-order valence-corrected chi connectivity index (χ3v) is 11.5. The van der Waals surface area contributed by atoms with Gasteiger partial charge in [0.05, 0.1) is 29.2 Å². The Labute approximate surface area is 261 Å². The summed E-state index contributed by atoms with van der Waals surface area (Å²) in [6.07, 6.45) is 9.62. The van der Waals surface area contributed by atoms with Crippen LogP contribution in [0.2, 0.25) is 0 Å². The minimum absolute atomic E-state index is 0.0176. The van der Waals surface area contributed by atoms with E-state index in [4.69, 9.17) is 0 Å². The maximum Gasteiger partial charge on any atom is 0.251 e. The number of benzene rings is 1. The second kappa shape index (κ2) is 12.3. The average Bonchev–Trinajstić information content (AvgIpc) is 3.26. The fourth-order valence-electron chi connectivity index (χ4n) is 7.86. The number of likely N-dealkylation sites (tertiary alicyclic amines) is 1. The Morgan fingerprint density at radius 2 is 1.63 bits per heavy atom. The molecular formula is C34H48N4O4S. The number of fused-ring (bicyclic) bond motifs is 2. The second-order valence-electron chi connectivity index (χ2n) is 12.9. The van der Waals surface area contributed by atoms with E-state index in [9.17, 15) is 19.5 Å². The summed E-state index contributed by atoms with van der Waals surface area (Å²) in [5.41, 5.74) is 1.87. The number of amides is 3. The Bertz CT molecular complexity index is 1280. The van der Waals surface area contributed by atoms with Gasteiger partial charge >= 0.3 is 0 Å². The van der Waals surface area contributed by atoms with E-state index in [1.165, 1.54) is 0 Å². The van der Waals surface area contributed by atoms with Gasteiger partial charge in [0.25, 0.3) is 5.91 Å². The van der Waals surface area contributed by atoms with Gasteiger partial charge in [0, 0.05) is 48.8 Å². The summed E-state index contributed by atoms with van der Waals surface area (Å²) in [4.78, 5) is 51.4. The van der Waals surface area contributed by atoms with Crippen molar-refractivity contribution in [2.24, 2.45) is 17.8 Å². The Kier molecular flexibility index (Phi) is 9.06. The van der Waals surface area contributed by atoms with Crippen molar-refractivity contribution in [2.45, 2.75) is 76.0 Å². The van der Waals surface area contributed by atoms with Gasteiger partial charge in [0.1, 0.15) is 6.04 Å². The van der Waals surface area contributed by atoms with Crippen LogP contribution in [0, 0.1) is 17.8 Å². The van der Waals surface area contributed by atoms with Gasteiger partial charge in [-0.3, -0.25) is 14.4 Å². The Morgan fingerprint density at radius 1 is 0.953 bits per heavy atom. The first-order chi connectivity index (χ1) is 20.6. The van der Waals surface area contributed by atoms with E-state index < -0.39 is 33.4 Å². The summed E-state index contributed by atoms with van der Waals surface area (Å²) in [6.45, 7) is 15.6. The normalized spacial score (nSPS) is 30.8. The Morgan fingerprint density at radius 3 is 2.23 bits per heavy atom. The lowest BCUT2D eigenvalue weighted by Crippen LogP contribution is -2.57. The zero-order valence-corrected chi connectivity index (χ0v) is 27.3. The molecule has 3 amide bonds. The molecule has 234 valence electrons. The highest BCUT2D eigenvalue weighted by Crippen LogP contribution is 2.66. The zero-order valence-electron chi connectivity index (χ0n) is 26.5. The van der Waals surface area contributed by atoms with E-state index >= 15 is 0 Å². The van der Waals surface area contributed by atoms with Crippen LogP contribution in [0.4, 0.5) is 11.4 Å². The molecule has 0 saturated carbocycles. The molecule has 1 unspecified atom stereocenters. The van der Waals surface area contributed by atoms with Crippen molar-refractivity contribution < 1.29 is 19.5 Å². The van der Waals surface area contributed by atoms with Gasteiger partial charge in [-0.2, -0.15) is 0 Å². The lowest BCUT2D eigenvalue weighted by Gasteiger charge is -2.40. The third-order valence-electron chi connectivity index (χ3n) is 9.71. The summed E-state index contributed by atoms with van der Waals surface area (Å²) in [5, 5.41) is 10.6. The summed E-state index contributed by atoms with van der Waals surface area (Å²) in [5.74, 6) is -1.46. The molecular weight excluding hydrogens is 560 g/mol. The molecule has 0 aliphatic carbocycles. The van der Waals surface area contributed by atoms with Gasteiger partial charge in [-0.05, 0) is 63.8 Å². The third kappa shape index (κ3) is 5.20. The van der Waals surface area contributed by atoms with Crippen LogP contribution in [-0.4, -0.2) is 93.5 Å². The molecule has 2 fully saturated rings. The monoisotopic (exact) mass is 608 g/mol. The quantitative estimate of drug-likeness (QED) is 0.398. The van der Waals surface area contributed by atoms with Gasteiger partial charge < -0.3 is 24.7 Å². The molecule has 1 aromatic rings. The van der Waals surface area contributed by atoms with E-state index in [2.05, 4.69) is 64.7 Å². The van der Waals surface area contributed by atoms with Crippen molar-refractivity contribution in [3.63, 3.8) is 0 Å². The van der Waals surface area contributed by atoms with Crippen LogP contribution in [0.5, 0.6) is 0 Å². The number of aliphatic hydroxyl groups is 1. The minimum Gasteiger partial charge on any atom is -0.394 e. The number of nitrogens with zero attached hydrogens (tertiary/aromatic N) is 4. The average molecular weight is 609 g/mol. The van der Waals surface area contributed by atoms with E-state index in [1.807, 2.05) is 35.2 Å². The maximum atomic E-state index is 14.9. The summed E-state index contributed by atoms with van der Waals surface area (Å²) in [6, 6.07) is 6.70. The van der Waals surface area contributed by atoms with E-state index in [1.54, 1.807) is 21.6 Å². The van der Waals surface area contributed by atoms with E-state index in [0.717, 1.165) is 30.9 Å². The number of thioether (sulfide) groups is 1. The lowest BCUT2D eigenvalue weighted by molar-refractivity contribution is -0.145. The number of hydrogen-bond acceptors (Lipinski definition) is 6. The number of rotatable bonds is 10. The molecule has 2 saturated heterocycles. The molecule has 5 rings (SSSR count). The highest BCUT2D eigenvalue weighted by Gasteiger charge is 2.74. The van der Waals surface area contributed by atoms with Crippen LogP contribution in [-0.2, 0) is 14.4 Å². The summed E-state index contributed by atoms with van der Waals surface area (Å²) >= 11 is 1.60. The number of anilines is 2. The van der Waals surface area contributed by atoms with Crippen LogP contribution in [0.1, 0.15) is 54.4 Å². The number of hydrogen-bond donors (Lipinski definition) is 1. The molecule has 1 spiro atoms. The SMILES string of the molecule is CCCN1CC=C[C@@]2(C)S[C@]34C=CCN(c5ccc(N(CC)CC)cc5)C(=O)C3N([C@@H](CO)CC(C)C)C(=O)[C@@H]4[C@H]2C1=O. The molecule has 6 atom stereocenters. The molecule has 0 bridgehead atoms. The predicted octanol–water partition coefficient (Wildman–Crippen LogP) is 4.34. The standard InChI is InChI=1S/C34H48N4O4S/c1-7-18-36-19-10-16-33(6)27(30(36)40)28-31(41)38(26(22-39)21-23(4)5)29-32(42)37(20-11-17-34(28,29)43-33)25-14-12-24(13-15-25)35(8-2)9-3/h10-17,23,26-29,39H,7-9,18-22H2,1-6H3/t26-,27+,28+,29?,33-,34+/m1/s1. The predicted molar refractivity (Wildman–Crippen MR) is 174 cm³/mol. The molecule has 0 radical (unpaired) electrons. The Hall–Kier alpha value is -2.78. The van der Waals surface area contributed by atoms with E-state index in [0.29, 0.717) is 26.1 Å². The van der Waals surface area contributed by atoms with Gasteiger partial charge in [0.15, 0.2) is 0 Å². The number of carbonyl (C=O) groups excluding carboxylic acids is 3. The van der Waals surface area contributed by atoms with Gasteiger partial charge in [-0.25, -0.2) is 0 Å². The topological polar surface area (TPSA) is 84.4 Å². The molecule has 1 aromatic carbocycles. The highest BCUT2D eigenvalue weighted by molar-refractivity contribution is 8.02. The smallest absolute Gasteiger partial charge is 0.251 e. The lowest BCUT2D eigenvalue weighted by atomic mass is 9.74. The maximum absolute atomic E-state index is 14.9. The summed E-state index contributed by atoms with van der Waals surface area (Å²) < 4.78 is -1.56. The number of carbonyl (C=O) groups is 3. The largest absolute Gasteiger partial charge is 0.394 e. The fraction of sp³-hybridized carbons (Fsp3) is 0.618. The van der Waals surface area contributed by atoms with Crippen molar-refractivity contribution >= 4 is 40.9 Å². The van der Waals surface area contributed by atoms with Crippen molar-refractivity contribution in [1.29, 1.82) is 0 Å².